The van der Waals surface area contributed by atoms with Gasteiger partial charge < -0.3 is 35.7 Å². The molecular weight excluding hydrogens is 478 g/mol. The summed E-state index contributed by atoms with van der Waals surface area (Å²) < 4.78 is 5.90. The molecule has 2 fully saturated rings. The van der Waals surface area contributed by atoms with Crippen molar-refractivity contribution in [2.75, 3.05) is 0 Å². The number of allylic oxidation sites excluding steroid dienone is 9. The van der Waals surface area contributed by atoms with E-state index in [0.29, 0.717) is 0 Å². The first-order valence-corrected chi connectivity index (χ1v) is 11.8. The minimum absolute atomic E-state index is 0.180. The van der Waals surface area contributed by atoms with Gasteiger partial charge in [-0.05, 0) is 53.7 Å². The van der Waals surface area contributed by atoms with Gasteiger partial charge in [-0.2, -0.15) is 0 Å². The standard InChI is InChI=1S/C28H33NO8/c1-7-9-11-13-16(30)18-20(32)15(3)23(33)26(5)21(18)25(4)24(34)19(17(31)14-12-10-8-2)22(29)27(6,35)28(25,36)37-26/h7-14,21,29-32,35-36H,1-6H3. The SMILES string of the molecule is CC=CC=CC(O)=C1C(=N)C(C)(O)C2(O)OC3(C)C(=O)C(C)=C(O)C(=C(O)C=CC=CC)C3C2(C)C1=O. The van der Waals surface area contributed by atoms with Gasteiger partial charge in [-0.25, -0.2) is 0 Å². The molecule has 0 bridgehead atoms. The summed E-state index contributed by atoms with van der Waals surface area (Å²) >= 11 is 0. The molecule has 0 aromatic heterocycles. The molecule has 5 atom stereocenters. The lowest BCUT2D eigenvalue weighted by molar-refractivity contribution is -0.305. The fourth-order valence-electron chi connectivity index (χ4n) is 5.66. The zero-order valence-corrected chi connectivity index (χ0v) is 21.7. The fraction of sp³-hybridized carbons (Fsp3) is 0.393. The molecule has 0 aromatic rings. The molecule has 1 aliphatic heterocycles. The average Bonchev–Trinajstić information content (AvgIpc) is 3.03. The number of carbonyl (C=O) groups is 2. The monoisotopic (exact) mass is 511 g/mol. The number of Topliss-reactive ketones (excluding diaryl/α,β-unsaturated/α-hetero) is 2. The molecule has 2 aliphatic carbocycles. The summed E-state index contributed by atoms with van der Waals surface area (Å²) in [4.78, 5) is 27.6. The van der Waals surface area contributed by atoms with Crippen LogP contribution < -0.4 is 0 Å². The van der Waals surface area contributed by atoms with E-state index in [-0.39, 0.29) is 11.1 Å². The second kappa shape index (κ2) is 9.09. The van der Waals surface area contributed by atoms with Gasteiger partial charge in [-0.15, -0.1) is 0 Å². The summed E-state index contributed by atoms with van der Waals surface area (Å²) in [6.45, 7) is 8.36. The van der Waals surface area contributed by atoms with Gasteiger partial charge in [0, 0.05) is 17.1 Å². The lowest BCUT2D eigenvalue weighted by atomic mass is 9.52. The number of rotatable bonds is 4. The predicted molar refractivity (Wildman–Crippen MR) is 137 cm³/mol. The minimum Gasteiger partial charge on any atom is -0.508 e. The molecule has 0 spiro atoms. The molecule has 198 valence electrons. The molecule has 0 aromatic carbocycles. The molecule has 37 heavy (non-hydrogen) atoms. The number of hydrogen-bond donors (Lipinski definition) is 6. The minimum atomic E-state index is -2.86. The Hall–Kier alpha value is -3.53. The van der Waals surface area contributed by atoms with Crippen molar-refractivity contribution in [2.45, 2.75) is 58.5 Å². The molecule has 3 aliphatic rings. The second-order valence-corrected chi connectivity index (χ2v) is 9.90. The molecule has 5 unspecified atom stereocenters. The fourth-order valence-corrected chi connectivity index (χ4v) is 5.66. The van der Waals surface area contributed by atoms with E-state index in [1.807, 2.05) is 0 Å². The van der Waals surface area contributed by atoms with Crippen LogP contribution in [0.5, 0.6) is 0 Å². The van der Waals surface area contributed by atoms with E-state index < -0.39 is 68.5 Å². The van der Waals surface area contributed by atoms with Gasteiger partial charge in [0.1, 0.15) is 22.9 Å². The molecule has 1 heterocycles. The van der Waals surface area contributed by atoms with Gasteiger partial charge in [-0.1, -0.05) is 36.5 Å². The van der Waals surface area contributed by atoms with Crippen LogP contribution in [0.15, 0.2) is 82.6 Å². The van der Waals surface area contributed by atoms with Crippen molar-refractivity contribution in [1.29, 1.82) is 5.41 Å². The number of aliphatic hydroxyl groups excluding tert-OH is 3. The first kappa shape index (κ1) is 28.0. The third-order valence-corrected chi connectivity index (χ3v) is 7.63. The summed E-state index contributed by atoms with van der Waals surface area (Å²) in [5, 5.41) is 64.8. The van der Waals surface area contributed by atoms with Crippen LogP contribution in [0.4, 0.5) is 0 Å². The van der Waals surface area contributed by atoms with Gasteiger partial charge in [0.2, 0.25) is 5.79 Å². The Balaban J connectivity index is 2.46. The largest absolute Gasteiger partial charge is 0.508 e. The van der Waals surface area contributed by atoms with Gasteiger partial charge in [0.25, 0.3) is 0 Å². The van der Waals surface area contributed by atoms with Crippen LogP contribution >= 0.6 is 0 Å². The molecule has 9 nitrogen and oxygen atoms in total. The predicted octanol–water partition coefficient (Wildman–Crippen LogP) is 3.74. The zero-order valence-electron chi connectivity index (χ0n) is 21.7. The van der Waals surface area contributed by atoms with Crippen LogP contribution in [0.25, 0.3) is 0 Å². The van der Waals surface area contributed by atoms with Crippen LogP contribution in [0.2, 0.25) is 0 Å². The Morgan fingerprint density at radius 2 is 1.43 bits per heavy atom. The summed E-state index contributed by atoms with van der Waals surface area (Å²) in [6, 6.07) is 0. The number of aliphatic hydroxyl groups is 5. The normalized spacial score (nSPS) is 39.5. The Bertz CT molecular complexity index is 1290. The zero-order chi connectivity index (χ0) is 28.1. The highest BCUT2D eigenvalue weighted by molar-refractivity contribution is 6.29. The van der Waals surface area contributed by atoms with Crippen molar-refractivity contribution < 1.29 is 39.9 Å². The van der Waals surface area contributed by atoms with Crippen molar-refractivity contribution in [3.8, 4) is 0 Å². The maximum Gasteiger partial charge on any atom is 0.215 e. The molecule has 6 N–H and O–H groups in total. The lowest BCUT2D eigenvalue weighted by Crippen LogP contribution is -2.72. The van der Waals surface area contributed by atoms with E-state index >= 15 is 0 Å². The number of fused-ring (bicyclic) bond motifs is 3. The van der Waals surface area contributed by atoms with Gasteiger partial charge in [0.15, 0.2) is 17.2 Å². The number of ether oxygens (including phenoxy) is 1. The van der Waals surface area contributed by atoms with E-state index in [1.165, 1.54) is 39.0 Å². The number of nitrogens with one attached hydrogen (secondary N) is 1. The maximum absolute atomic E-state index is 14.1. The topological polar surface area (TPSA) is 168 Å². The lowest BCUT2D eigenvalue weighted by Gasteiger charge is -2.51. The van der Waals surface area contributed by atoms with E-state index in [9.17, 15) is 35.1 Å². The van der Waals surface area contributed by atoms with Crippen molar-refractivity contribution in [3.63, 3.8) is 0 Å². The molecule has 9 heteroatoms. The van der Waals surface area contributed by atoms with Crippen LogP contribution in [-0.2, 0) is 14.3 Å². The second-order valence-electron chi connectivity index (χ2n) is 9.90. The summed E-state index contributed by atoms with van der Waals surface area (Å²) in [5.74, 6) is -7.90. The van der Waals surface area contributed by atoms with Crippen molar-refractivity contribution in [1.82, 2.24) is 0 Å². The number of ketones is 2. The van der Waals surface area contributed by atoms with Crippen LogP contribution in [0.1, 0.15) is 41.5 Å². The molecule has 1 saturated carbocycles. The number of hydrogen-bond acceptors (Lipinski definition) is 9. The van der Waals surface area contributed by atoms with Crippen molar-refractivity contribution >= 4 is 17.3 Å². The highest BCUT2D eigenvalue weighted by atomic mass is 16.7. The Labute approximate surface area is 215 Å². The van der Waals surface area contributed by atoms with E-state index in [1.54, 1.807) is 38.2 Å². The first-order valence-electron chi connectivity index (χ1n) is 11.8. The Kier molecular flexibility index (Phi) is 6.89. The highest BCUT2D eigenvalue weighted by Crippen LogP contribution is 2.66. The maximum atomic E-state index is 14.1. The molecule has 0 radical (unpaired) electrons. The van der Waals surface area contributed by atoms with Gasteiger partial charge >= 0.3 is 0 Å². The Morgan fingerprint density at radius 3 is 1.95 bits per heavy atom. The average molecular weight is 512 g/mol. The molecule has 1 saturated heterocycles. The van der Waals surface area contributed by atoms with Gasteiger partial charge in [-0.3, -0.25) is 9.59 Å². The number of carbonyl (C=O) groups excluding carboxylic acids is 2. The third kappa shape index (κ3) is 3.53. The summed E-state index contributed by atoms with van der Waals surface area (Å²) in [5.41, 5.74) is -8.73. The van der Waals surface area contributed by atoms with Crippen LogP contribution in [0.3, 0.4) is 0 Å². The quantitative estimate of drug-likeness (QED) is 0.188. The van der Waals surface area contributed by atoms with Crippen LogP contribution in [-0.4, -0.2) is 59.8 Å². The van der Waals surface area contributed by atoms with E-state index in [4.69, 9.17) is 10.1 Å². The van der Waals surface area contributed by atoms with E-state index in [0.717, 1.165) is 13.0 Å². The smallest absolute Gasteiger partial charge is 0.215 e. The van der Waals surface area contributed by atoms with Crippen LogP contribution in [0, 0.1) is 16.7 Å². The van der Waals surface area contributed by atoms with Crippen molar-refractivity contribution in [3.05, 3.63) is 82.6 Å². The molecular formula is C28H33NO8. The first-order chi connectivity index (χ1) is 17.1. The molecule has 3 rings (SSSR count). The summed E-state index contributed by atoms with van der Waals surface area (Å²) in [7, 11) is 0. The molecule has 0 amide bonds. The Morgan fingerprint density at radius 1 is 0.919 bits per heavy atom. The van der Waals surface area contributed by atoms with Gasteiger partial charge in [0.05, 0.1) is 16.7 Å². The summed E-state index contributed by atoms with van der Waals surface area (Å²) in [6.07, 6.45) is 11.8. The highest BCUT2D eigenvalue weighted by Gasteiger charge is 2.82. The van der Waals surface area contributed by atoms with E-state index in [2.05, 4.69) is 0 Å². The van der Waals surface area contributed by atoms with Crippen molar-refractivity contribution in [2.24, 2.45) is 11.3 Å². The third-order valence-electron chi connectivity index (χ3n) is 7.63.